The van der Waals surface area contributed by atoms with Gasteiger partial charge in [-0.1, -0.05) is 41.5 Å². The Morgan fingerprint density at radius 1 is 0.586 bits per heavy atom. The molecule has 0 heterocycles. The van der Waals surface area contributed by atoms with Gasteiger partial charge < -0.3 is 5.32 Å². The van der Waals surface area contributed by atoms with Crippen LogP contribution in [0.4, 0.5) is 5.69 Å². The Kier molecular flexibility index (Phi) is 6.04. The highest BCUT2D eigenvalue weighted by Gasteiger charge is 2.11. The van der Waals surface area contributed by atoms with Crippen LogP contribution in [0.1, 0.15) is 42.2 Å². The maximum absolute atomic E-state index is 12.4. The van der Waals surface area contributed by atoms with Gasteiger partial charge in [-0.3, -0.25) is 25.2 Å². The molecule has 0 aliphatic carbocycles. The van der Waals surface area contributed by atoms with E-state index in [0.717, 1.165) is 11.1 Å². The predicted octanol–water partition coefficient (Wildman–Crippen LogP) is 3.63. The van der Waals surface area contributed by atoms with Gasteiger partial charge in [-0.2, -0.15) is 0 Å². The summed E-state index contributed by atoms with van der Waals surface area (Å²) in [5.74, 6) is -1.16. The summed E-state index contributed by atoms with van der Waals surface area (Å²) in [4.78, 5) is 36.9. The summed E-state index contributed by atoms with van der Waals surface area (Å²) in [7, 11) is 0. The first-order valence-corrected chi connectivity index (χ1v) is 9.08. The van der Waals surface area contributed by atoms with E-state index in [1.165, 1.54) is 0 Å². The highest BCUT2D eigenvalue weighted by molar-refractivity contribution is 6.05. The van der Waals surface area contributed by atoms with Crippen LogP contribution in [0.3, 0.4) is 0 Å². The van der Waals surface area contributed by atoms with Gasteiger partial charge in [0.15, 0.2) is 0 Å². The quantitative estimate of drug-likeness (QED) is 0.598. The topological polar surface area (TPSA) is 87.3 Å². The molecule has 0 bridgehead atoms. The van der Waals surface area contributed by atoms with Crippen molar-refractivity contribution < 1.29 is 14.4 Å². The molecule has 29 heavy (non-hydrogen) atoms. The van der Waals surface area contributed by atoms with Crippen LogP contribution >= 0.6 is 0 Å². The number of hydrogen-bond acceptors (Lipinski definition) is 3. The lowest BCUT2D eigenvalue weighted by Gasteiger charge is -2.10. The van der Waals surface area contributed by atoms with Crippen molar-refractivity contribution in [2.75, 3.05) is 5.32 Å². The lowest BCUT2D eigenvalue weighted by atomic mass is 10.1. The zero-order valence-corrected chi connectivity index (χ0v) is 16.2. The van der Waals surface area contributed by atoms with E-state index in [1.54, 1.807) is 54.6 Å². The SMILES string of the molecule is Cc1cccc(C(=O)NNC(=O)c2cccc(NC(=O)c3cccc(C)c3)c2)c1. The average molecular weight is 387 g/mol. The monoisotopic (exact) mass is 387 g/mol. The number of amides is 3. The van der Waals surface area contributed by atoms with E-state index in [0.29, 0.717) is 22.4 Å². The first-order chi connectivity index (χ1) is 13.9. The standard InChI is InChI=1S/C23H21N3O3/c1-15-6-3-8-17(12-15)21(27)24-20-11-5-10-19(14-20)23(29)26-25-22(28)18-9-4-7-16(2)13-18/h3-14H,1-2H3,(H,24,27)(H,25,28)(H,26,29). The molecule has 0 saturated carbocycles. The van der Waals surface area contributed by atoms with Crippen molar-refractivity contribution in [1.82, 2.24) is 10.9 Å². The molecule has 6 heteroatoms. The summed E-state index contributed by atoms with van der Waals surface area (Å²) in [6.07, 6.45) is 0. The number of rotatable bonds is 4. The van der Waals surface area contributed by atoms with Gasteiger partial charge in [0.05, 0.1) is 0 Å². The fourth-order valence-electron chi connectivity index (χ4n) is 2.77. The first-order valence-electron chi connectivity index (χ1n) is 9.08. The van der Waals surface area contributed by atoms with Crippen LogP contribution in [0.2, 0.25) is 0 Å². The molecule has 0 fully saturated rings. The number of carbonyl (C=O) groups excluding carboxylic acids is 3. The maximum Gasteiger partial charge on any atom is 0.269 e. The molecule has 6 nitrogen and oxygen atoms in total. The van der Waals surface area contributed by atoms with Crippen molar-refractivity contribution in [3.05, 3.63) is 101 Å². The third-order valence-electron chi connectivity index (χ3n) is 4.23. The Labute approximate surface area is 168 Å². The van der Waals surface area contributed by atoms with Gasteiger partial charge in [0.2, 0.25) is 0 Å². The van der Waals surface area contributed by atoms with E-state index in [9.17, 15) is 14.4 Å². The molecule has 0 radical (unpaired) electrons. The van der Waals surface area contributed by atoms with Gasteiger partial charge >= 0.3 is 0 Å². The Hall–Kier alpha value is -3.93. The van der Waals surface area contributed by atoms with E-state index < -0.39 is 11.8 Å². The molecule has 3 aromatic carbocycles. The summed E-state index contributed by atoms with van der Waals surface area (Å²) >= 11 is 0. The Morgan fingerprint density at radius 3 is 1.55 bits per heavy atom. The summed E-state index contributed by atoms with van der Waals surface area (Å²) in [6, 6.07) is 20.7. The molecule has 3 N–H and O–H groups in total. The van der Waals surface area contributed by atoms with Crippen LogP contribution in [0.15, 0.2) is 72.8 Å². The summed E-state index contributed by atoms with van der Waals surface area (Å²) in [5.41, 5.74) is 8.47. The molecular weight excluding hydrogens is 366 g/mol. The maximum atomic E-state index is 12.4. The number of hydrogen-bond donors (Lipinski definition) is 3. The molecule has 3 rings (SSSR count). The van der Waals surface area contributed by atoms with Crippen molar-refractivity contribution in [3.8, 4) is 0 Å². The van der Waals surface area contributed by atoms with Crippen LogP contribution in [-0.4, -0.2) is 17.7 Å². The Balaban J connectivity index is 1.63. The van der Waals surface area contributed by atoms with Crippen LogP contribution in [0.25, 0.3) is 0 Å². The Morgan fingerprint density at radius 2 is 1.03 bits per heavy atom. The van der Waals surface area contributed by atoms with Crippen LogP contribution < -0.4 is 16.2 Å². The lowest BCUT2D eigenvalue weighted by Crippen LogP contribution is -2.41. The van der Waals surface area contributed by atoms with Gasteiger partial charge in [-0.15, -0.1) is 0 Å². The van der Waals surface area contributed by atoms with Gasteiger partial charge in [-0.25, -0.2) is 0 Å². The van der Waals surface area contributed by atoms with Crippen LogP contribution in [0, 0.1) is 13.8 Å². The van der Waals surface area contributed by atoms with Crippen molar-refractivity contribution >= 4 is 23.4 Å². The zero-order chi connectivity index (χ0) is 20.8. The number of aryl methyl sites for hydroxylation is 2. The molecular formula is C23H21N3O3. The smallest absolute Gasteiger partial charge is 0.269 e. The summed E-state index contributed by atoms with van der Waals surface area (Å²) < 4.78 is 0. The van der Waals surface area contributed by atoms with E-state index in [4.69, 9.17) is 0 Å². The van der Waals surface area contributed by atoms with Crippen molar-refractivity contribution in [2.45, 2.75) is 13.8 Å². The van der Waals surface area contributed by atoms with E-state index >= 15 is 0 Å². The molecule has 0 aliphatic rings. The number of nitrogens with one attached hydrogen (secondary N) is 3. The molecule has 0 aromatic heterocycles. The molecule has 0 saturated heterocycles. The highest BCUT2D eigenvalue weighted by atomic mass is 16.2. The molecule has 3 amide bonds. The second kappa shape index (κ2) is 8.84. The van der Waals surface area contributed by atoms with Gasteiger partial charge in [0.25, 0.3) is 17.7 Å². The lowest BCUT2D eigenvalue weighted by molar-refractivity contribution is 0.0846. The van der Waals surface area contributed by atoms with Crippen LogP contribution in [-0.2, 0) is 0 Å². The Bertz CT molecular complexity index is 1080. The van der Waals surface area contributed by atoms with Crippen molar-refractivity contribution in [2.24, 2.45) is 0 Å². The minimum Gasteiger partial charge on any atom is -0.322 e. The third kappa shape index (κ3) is 5.29. The molecule has 0 spiro atoms. The third-order valence-corrected chi connectivity index (χ3v) is 4.23. The highest BCUT2D eigenvalue weighted by Crippen LogP contribution is 2.13. The van der Waals surface area contributed by atoms with E-state index in [1.807, 2.05) is 32.0 Å². The predicted molar refractivity (Wildman–Crippen MR) is 112 cm³/mol. The average Bonchev–Trinajstić information content (AvgIpc) is 2.72. The molecule has 0 atom stereocenters. The zero-order valence-electron chi connectivity index (χ0n) is 16.2. The summed E-state index contributed by atoms with van der Waals surface area (Å²) in [6.45, 7) is 3.79. The van der Waals surface area contributed by atoms with E-state index in [2.05, 4.69) is 16.2 Å². The van der Waals surface area contributed by atoms with Crippen molar-refractivity contribution in [3.63, 3.8) is 0 Å². The van der Waals surface area contributed by atoms with Crippen molar-refractivity contribution in [1.29, 1.82) is 0 Å². The number of hydrazine groups is 1. The number of carbonyl (C=O) groups is 3. The van der Waals surface area contributed by atoms with Gasteiger partial charge in [0.1, 0.15) is 0 Å². The van der Waals surface area contributed by atoms with Crippen LogP contribution in [0.5, 0.6) is 0 Å². The fraction of sp³-hybridized carbons (Fsp3) is 0.0870. The second-order valence-electron chi connectivity index (χ2n) is 6.68. The van der Waals surface area contributed by atoms with E-state index in [-0.39, 0.29) is 5.91 Å². The second-order valence-corrected chi connectivity index (χ2v) is 6.68. The number of anilines is 1. The molecule has 0 unspecified atom stereocenters. The largest absolute Gasteiger partial charge is 0.322 e. The molecule has 0 aliphatic heterocycles. The molecule has 3 aromatic rings. The molecule has 146 valence electrons. The minimum atomic E-state index is -0.488. The first kappa shape index (κ1) is 19.8. The fourth-order valence-corrected chi connectivity index (χ4v) is 2.77. The normalized spacial score (nSPS) is 10.1. The summed E-state index contributed by atoms with van der Waals surface area (Å²) in [5, 5.41) is 2.77. The number of benzene rings is 3. The van der Waals surface area contributed by atoms with Gasteiger partial charge in [0, 0.05) is 22.4 Å². The van der Waals surface area contributed by atoms with Gasteiger partial charge in [-0.05, 0) is 56.3 Å². The minimum absolute atomic E-state index is 0.265.